The summed E-state index contributed by atoms with van der Waals surface area (Å²) in [7, 11) is 1.57. The van der Waals surface area contributed by atoms with Crippen molar-refractivity contribution in [2.24, 2.45) is 0 Å². The Morgan fingerprint density at radius 3 is 3.00 bits per heavy atom. The van der Waals surface area contributed by atoms with Crippen molar-refractivity contribution in [3.05, 3.63) is 35.6 Å². The standard InChI is InChI=1S/C9H12O2/c1-7-4-3-5-8(6-11-2)9(7)10/h3-6,9-10H,1-2H3. The molecule has 0 aromatic carbocycles. The molecule has 0 aliphatic heterocycles. The molecule has 2 heteroatoms. The Balaban J connectivity index is 2.81. The minimum absolute atomic E-state index is 0.500. The predicted molar refractivity (Wildman–Crippen MR) is 44.0 cm³/mol. The summed E-state index contributed by atoms with van der Waals surface area (Å²) in [5.74, 6) is 0. The summed E-state index contributed by atoms with van der Waals surface area (Å²) in [6.07, 6.45) is 6.67. The Morgan fingerprint density at radius 1 is 1.64 bits per heavy atom. The number of aliphatic hydroxyl groups is 1. The van der Waals surface area contributed by atoms with Crippen molar-refractivity contribution in [3.8, 4) is 0 Å². The highest BCUT2D eigenvalue weighted by Gasteiger charge is 2.12. The smallest absolute Gasteiger partial charge is 0.103 e. The molecule has 1 atom stereocenters. The zero-order chi connectivity index (χ0) is 8.27. The molecule has 0 saturated carbocycles. The molecule has 0 aromatic rings. The summed E-state index contributed by atoms with van der Waals surface area (Å²) in [6, 6.07) is 0. The lowest BCUT2D eigenvalue weighted by Crippen LogP contribution is -2.12. The van der Waals surface area contributed by atoms with E-state index in [1.54, 1.807) is 13.4 Å². The first-order valence-corrected chi connectivity index (χ1v) is 3.51. The van der Waals surface area contributed by atoms with E-state index in [0.29, 0.717) is 0 Å². The predicted octanol–water partition coefficient (Wildman–Crippen LogP) is 1.39. The van der Waals surface area contributed by atoms with Gasteiger partial charge in [0, 0.05) is 5.57 Å². The monoisotopic (exact) mass is 152 g/mol. The third-order valence-corrected chi connectivity index (χ3v) is 1.65. The number of allylic oxidation sites excluding steroid dienone is 2. The molecular formula is C9H12O2. The highest BCUT2D eigenvalue weighted by molar-refractivity contribution is 5.37. The Bertz CT molecular complexity index is 224. The number of methoxy groups -OCH3 is 1. The first kappa shape index (κ1) is 8.08. The van der Waals surface area contributed by atoms with Gasteiger partial charge in [-0.15, -0.1) is 0 Å². The highest BCUT2D eigenvalue weighted by Crippen LogP contribution is 2.17. The maximum atomic E-state index is 9.50. The van der Waals surface area contributed by atoms with Crippen LogP contribution in [0.15, 0.2) is 35.6 Å². The van der Waals surface area contributed by atoms with Crippen LogP contribution in [0.4, 0.5) is 0 Å². The fourth-order valence-corrected chi connectivity index (χ4v) is 0.996. The van der Waals surface area contributed by atoms with Crippen LogP contribution in [0.1, 0.15) is 6.92 Å². The number of aliphatic hydroxyl groups excluding tert-OH is 1. The highest BCUT2D eigenvalue weighted by atomic mass is 16.5. The Labute approximate surface area is 66.5 Å². The van der Waals surface area contributed by atoms with Crippen molar-refractivity contribution < 1.29 is 9.84 Å². The summed E-state index contributed by atoms with van der Waals surface area (Å²) in [5, 5.41) is 9.50. The third kappa shape index (κ3) is 1.71. The second kappa shape index (κ2) is 3.39. The van der Waals surface area contributed by atoms with E-state index in [4.69, 9.17) is 4.74 Å². The van der Waals surface area contributed by atoms with Gasteiger partial charge in [0.1, 0.15) is 6.10 Å². The molecule has 0 bridgehead atoms. The molecule has 1 unspecified atom stereocenters. The number of hydrogen-bond donors (Lipinski definition) is 1. The summed E-state index contributed by atoms with van der Waals surface area (Å²) < 4.78 is 4.80. The lowest BCUT2D eigenvalue weighted by Gasteiger charge is -2.14. The molecule has 0 amide bonds. The van der Waals surface area contributed by atoms with Gasteiger partial charge in [-0.2, -0.15) is 0 Å². The third-order valence-electron chi connectivity index (χ3n) is 1.65. The van der Waals surface area contributed by atoms with E-state index in [-0.39, 0.29) is 0 Å². The van der Waals surface area contributed by atoms with Crippen molar-refractivity contribution in [3.63, 3.8) is 0 Å². The summed E-state index contributed by atoms with van der Waals surface area (Å²) in [5.41, 5.74) is 1.74. The molecule has 1 aliphatic rings. The number of ether oxygens (including phenoxy) is 1. The first-order valence-electron chi connectivity index (χ1n) is 3.51. The lowest BCUT2D eigenvalue weighted by atomic mass is 9.99. The van der Waals surface area contributed by atoms with Gasteiger partial charge in [0.15, 0.2) is 0 Å². The first-order chi connectivity index (χ1) is 5.25. The van der Waals surface area contributed by atoms with E-state index in [1.807, 2.05) is 25.2 Å². The fourth-order valence-electron chi connectivity index (χ4n) is 0.996. The van der Waals surface area contributed by atoms with Gasteiger partial charge in [0.2, 0.25) is 0 Å². The Kier molecular flexibility index (Phi) is 2.49. The van der Waals surface area contributed by atoms with E-state index < -0.39 is 6.10 Å². The van der Waals surface area contributed by atoms with Gasteiger partial charge in [-0.3, -0.25) is 0 Å². The molecule has 0 radical (unpaired) electrons. The minimum Gasteiger partial charge on any atom is -0.504 e. The SMILES string of the molecule is COC=C1C=CC=C(C)C1O. The van der Waals surface area contributed by atoms with Crippen molar-refractivity contribution in [1.82, 2.24) is 0 Å². The minimum atomic E-state index is -0.500. The van der Waals surface area contributed by atoms with Crippen molar-refractivity contribution in [1.29, 1.82) is 0 Å². The number of hydrogen-bond acceptors (Lipinski definition) is 2. The molecule has 0 saturated heterocycles. The second-order valence-corrected chi connectivity index (χ2v) is 2.53. The largest absolute Gasteiger partial charge is 0.504 e. The average Bonchev–Trinajstić information content (AvgIpc) is 1.99. The van der Waals surface area contributed by atoms with Crippen LogP contribution in [-0.2, 0) is 4.74 Å². The van der Waals surface area contributed by atoms with Crippen LogP contribution in [0.3, 0.4) is 0 Å². The van der Waals surface area contributed by atoms with Gasteiger partial charge in [0.05, 0.1) is 13.4 Å². The zero-order valence-electron chi connectivity index (χ0n) is 6.74. The average molecular weight is 152 g/mol. The normalized spacial score (nSPS) is 27.0. The summed E-state index contributed by atoms with van der Waals surface area (Å²) >= 11 is 0. The van der Waals surface area contributed by atoms with Gasteiger partial charge in [0.25, 0.3) is 0 Å². The van der Waals surface area contributed by atoms with E-state index in [2.05, 4.69) is 0 Å². The van der Waals surface area contributed by atoms with E-state index in [1.165, 1.54) is 0 Å². The van der Waals surface area contributed by atoms with Crippen molar-refractivity contribution >= 4 is 0 Å². The topological polar surface area (TPSA) is 29.5 Å². The summed E-state index contributed by atoms with van der Waals surface area (Å²) in [4.78, 5) is 0. The summed E-state index contributed by atoms with van der Waals surface area (Å²) in [6.45, 7) is 1.89. The van der Waals surface area contributed by atoms with Gasteiger partial charge in [-0.05, 0) is 12.5 Å². The molecule has 1 aliphatic carbocycles. The molecule has 0 fully saturated rings. The quantitative estimate of drug-likeness (QED) is 0.575. The number of rotatable bonds is 1. The van der Waals surface area contributed by atoms with Crippen LogP contribution in [0.25, 0.3) is 0 Å². The molecule has 1 rings (SSSR count). The molecule has 0 spiro atoms. The molecule has 1 N–H and O–H groups in total. The van der Waals surface area contributed by atoms with Gasteiger partial charge in [-0.1, -0.05) is 18.2 Å². The van der Waals surface area contributed by atoms with Crippen LogP contribution in [0, 0.1) is 0 Å². The van der Waals surface area contributed by atoms with E-state index >= 15 is 0 Å². The van der Waals surface area contributed by atoms with Crippen molar-refractivity contribution in [2.45, 2.75) is 13.0 Å². The molecule has 60 valence electrons. The van der Waals surface area contributed by atoms with Gasteiger partial charge < -0.3 is 9.84 Å². The van der Waals surface area contributed by atoms with Crippen molar-refractivity contribution in [2.75, 3.05) is 7.11 Å². The molecule has 2 nitrogen and oxygen atoms in total. The maximum absolute atomic E-state index is 9.50. The van der Waals surface area contributed by atoms with Crippen LogP contribution in [0.2, 0.25) is 0 Å². The van der Waals surface area contributed by atoms with Crippen LogP contribution < -0.4 is 0 Å². The molecule has 0 heterocycles. The van der Waals surface area contributed by atoms with Gasteiger partial charge in [-0.25, -0.2) is 0 Å². The fraction of sp³-hybridized carbons (Fsp3) is 0.333. The Morgan fingerprint density at radius 2 is 2.36 bits per heavy atom. The molecular weight excluding hydrogens is 140 g/mol. The zero-order valence-corrected chi connectivity index (χ0v) is 6.74. The Hall–Kier alpha value is -1.02. The lowest BCUT2D eigenvalue weighted by molar-refractivity contribution is 0.239. The van der Waals surface area contributed by atoms with E-state index in [0.717, 1.165) is 11.1 Å². The van der Waals surface area contributed by atoms with Crippen LogP contribution in [-0.4, -0.2) is 18.3 Å². The van der Waals surface area contributed by atoms with Gasteiger partial charge >= 0.3 is 0 Å². The van der Waals surface area contributed by atoms with Crippen LogP contribution in [0.5, 0.6) is 0 Å². The van der Waals surface area contributed by atoms with Crippen LogP contribution >= 0.6 is 0 Å². The molecule has 11 heavy (non-hydrogen) atoms. The maximum Gasteiger partial charge on any atom is 0.103 e. The molecule has 0 aromatic heterocycles. The second-order valence-electron chi connectivity index (χ2n) is 2.53. The van der Waals surface area contributed by atoms with E-state index in [9.17, 15) is 5.11 Å².